The molecular weight excluding hydrogens is 250 g/mol. The lowest BCUT2D eigenvalue weighted by atomic mass is 9.98. The topological polar surface area (TPSA) is 39.4 Å². The molecule has 0 saturated heterocycles. The second-order valence-corrected chi connectivity index (χ2v) is 5.08. The van der Waals surface area contributed by atoms with Gasteiger partial charge in [-0.3, -0.25) is 4.40 Å². The fourth-order valence-corrected chi connectivity index (χ4v) is 2.35. The van der Waals surface area contributed by atoms with Crippen LogP contribution in [-0.4, -0.2) is 21.7 Å². The van der Waals surface area contributed by atoms with Crippen LogP contribution in [0, 0.1) is 0 Å². The number of hydrogen-bond donors (Lipinski definition) is 0. The van der Waals surface area contributed by atoms with E-state index in [1.165, 1.54) is 5.56 Å². The van der Waals surface area contributed by atoms with E-state index in [9.17, 15) is 0 Å². The van der Waals surface area contributed by atoms with E-state index in [4.69, 9.17) is 4.74 Å². The van der Waals surface area contributed by atoms with Crippen LogP contribution in [0.3, 0.4) is 0 Å². The van der Waals surface area contributed by atoms with Gasteiger partial charge in [-0.25, -0.2) is 0 Å². The maximum atomic E-state index is 5.51. The van der Waals surface area contributed by atoms with Crippen LogP contribution in [0.25, 0.3) is 16.9 Å². The number of hydrogen-bond acceptors (Lipinski definition) is 3. The van der Waals surface area contributed by atoms with E-state index in [1.807, 2.05) is 22.6 Å². The Morgan fingerprint density at radius 3 is 2.75 bits per heavy atom. The molecule has 0 saturated carbocycles. The number of methoxy groups -OCH3 is 1. The molecule has 3 rings (SSSR count). The zero-order chi connectivity index (χ0) is 14.1. The average molecular weight is 267 g/mol. The van der Waals surface area contributed by atoms with Gasteiger partial charge in [0.15, 0.2) is 5.65 Å². The van der Waals surface area contributed by atoms with Crippen molar-refractivity contribution in [2.75, 3.05) is 7.11 Å². The van der Waals surface area contributed by atoms with E-state index in [1.54, 1.807) is 13.4 Å². The molecule has 0 amide bonds. The molecule has 0 aliphatic carbocycles. The van der Waals surface area contributed by atoms with Crippen LogP contribution >= 0.6 is 0 Å². The third-order valence-electron chi connectivity index (χ3n) is 3.50. The molecule has 0 spiro atoms. The van der Waals surface area contributed by atoms with Crippen molar-refractivity contribution < 1.29 is 4.74 Å². The minimum absolute atomic E-state index is 0.472. The fourth-order valence-electron chi connectivity index (χ4n) is 2.35. The van der Waals surface area contributed by atoms with Crippen molar-refractivity contribution >= 4 is 5.65 Å². The van der Waals surface area contributed by atoms with E-state index in [0.29, 0.717) is 5.92 Å². The Balaban J connectivity index is 2.26. The first-order chi connectivity index (χ1) is 9.70. The van der Waals surface area contributed by atoms with Crippen molar-refractivity contribution in [3.8, 4) is 17.0 Å². The first-order valence-corrected chi connectivity index (χ1v) is 6.68. The second kappa shape index (κ2) is 4.96. The summed E-state index contributed by atoms with van der Waals surface area (Å²) < 4.78 is 7.48. The zero-order valence-electron chi connectivity index (χ0n) is 11.9. The maximum Gasteiger partial charge on any atom is 0.161 e. The molecule has 0 atom stereocenters. The maximum absolute atomic E-state index is 5.51. The number of fused-ring (bicyclic) bond motifs is 1. The highest BCUT2D eigenvalue weighted by atomic mass is 16.5. The highest BCUT2D eigenvalue weighted by molar-refractivity contribution is 5.70. The second-order valence-electron chi connectivity index (χ2n) is 5.08. The number of rotatable bonds is 3. The largest absolute Gasteiger partial charge is 0.496 e. The quantitative estimate of drug-likeness (QED) is 0.728. The first kappa shape index (κ1) is 12.7. The first-order valence-electron chi connectivity index (χ1n) is 6.68. The number of ether oxygens (including phenoxy) is 1. The van der Waals surface area contributed by atoms with Crippen molar-refractivity contribution in [2.45, 2.75) is 19.8 Å². The average Bonchev–Trinajstić information content (AvgIpc) is 2.94. The van der Waals surface area contributed by atoms with E-state index >= 15 is 0 Å². The highest BCUT2D eigenvalue weighted by Gasteiger charge is 2.12. The third kappa shape index (κ3) is 2.03. The van der Waals surface area contributed by atoms with Crippen molar-refractivity contribution in [2.24, 2.45) is 0 Å². The van der Waals surface area contributed by atoms with E-state index < -0.39 is 0 Å². The monoisotopic (exact) mass is 267 g/mol. The van der Waals surface area contributed by atoms with Gasteiger partial charge in [0, 0.05) is 5.56 Å². The van der Waals surface area contributed by atoms with Crippen molar-refractivity contribution in [1.29, 1.82) is 0 Å². The summed E-state index contributed by atoms with van der Waals surface area (Å²) in [6, 6.07) is 12.3. The summed E-state index contributed by atoms with van der Waals surface area (Å²) in [5, 5.41) is 8.06. The molecule has 102 valence electrons. The number of nitrogens with zero attached hydrogens (tertiary/aromatic N) is 3. The van der Waals surface area contributed by atoms with Crippen LogP contribution in [0.1, 0.15) is 25.3 Å². The lowest BCUT2D eigenvalue weighted by Gasteiger charge is -2.14. The van der Waals surface area contributed by atoms with E-state index in [0.717, 1.165) is 22.7 Å². The summed E-state index contributed by atoms with van der Waals surface area (Å²) in [5.74, 6) is 1.33. The van der Waals surface area contributed by atoms with Gasteiger partial charge in [0.2, 0.25) is 0 Å². The summed E-state index contributed by atoms with van der Waals surface area (Å²) in [6.45, 7) is 4.37. The molecule has 0 fully saturated rings. The number of benzene rings is 1. The number of pyridine rings is 1. The van der Waals surface area contributed by atoms with Gasteiger partial charge in [0.1, 0.15) is 12.1 Å². The van der Waals surface area contributed by atoms with Gasteiger partial charge in [-0.1, -0.05) is 26.0 Å². The summed E-state index contributed by atoms with van der Waals surface area (Å²) in [4.78, 5) is 0. The minimum Gasteiger partial charge on any atom is -0.496 e. The molecule has 2 heterocycles. The van der Waals surface area contributed by atoms with Crippen molar-refractivity contribution in [3.63, 3.8) is 0 Å². The molecule has 0 radical (unpaired) electrons. The molecule has 2 aromatic heterocycles. The van der Waals surface area contributed by atoms with Gasteiger partial charge in [0.05, 0.1) is 12.8 Å². The SMILES string of the molecule is COc1ccc(C(C)C)cc1-c1cccc2nncn12. The molecule has 4 nitrogen and oxygen atoms in total. The summed E-state index contributed by atoms with van der Waals surface area (Å²) in [7, 11) is 1.69. The zero-order valence-corrected chi connectivity index (χ0v) is 11.9. The van der Waals surface area contributed by atoms with Gasteiger partial charge in [-0.05, 0) is 35.7 Å². The smallest absolute Gasteiger partial charge is 0.161 e. The van der Waals surface area contributed by atoms with Crippen LogP contribution in [0.4, 0.5) is 0 Å². The molecule has 0 aliphatic rings. The molecule has 20 heavy (non-hydrogen) atoms. The molecule has 4 heteroatoms. The predicted octanol–water partition coefficient (Wildman–Crippen LogP) is 3.53. The molecule has 0 N–H and O–H groups in total. The Hall–Kier alpha value is -2.36. The molecule has 0 bridgehead atoms. The van der Waals surface area contributed by atoms with Gasteiger partial charge in [0.25, 0.3) is 0 Å². The van der Waals surface area contributed by atoms with Gasteiger partial charge >= 0.3 is 0 Å². The highest BCUT2D eigenvalue weighted by Crippen LogP contribution is 2.33. The Morgan fingerprint density at radius 2 is 2.00 bits per heavy atom. The predicted molar refractivity (Wildman–Crippen MR) is 79.1 cm³/mol. The fraction of sp³-hybridized carbons (Fsp3) is 0.250. The van der Waals surface area contributed by atoms with E-state index in [-0.39, 0.29) is 0 Å². The molecule has 0 unspecified atom stereocenters. The van der Waals surface area contributed by atoms with Gasteiger partial charge < -0.3 is 4.74 Å². The lowest BCUT2D eigenvalue weighted by molar-refractivity contribution is 0.416. The van der Waals surface area contributed by atoms with Crippen LogP contribution in [0.5, 0.6) is 5.75 Å². The normalized spacial score (nSPS) is 11.2. The molecule has 3 aromatic rings. The minimum atomic E-state index is 0.472. The van der Waals surface area contributed by atoms with Gasteiger partial charge in [-0.15, -0.1) is 10.2 Å². The standard InChI is InChI=1S/C16H17N3O/c1-11(2)12-7-8-15(20-3)13(9-12)14-5-4-6-16-18-17-10-19(14)16/h4-11H,1-3H3. The lowest BCUT2D eigenvalue weighted by Crippen LogP contribution is -1.96. The summed E-state index contributed by atoms with van der Waals surface area (Å²) >= 11 is 0. The summed E-state index contributed by atoms with van der Waals surface area (Å²) in [6.07, 6.45) is 1.73. The molecule has 1 aromatic carbocycles. The Bertz CT molecular complexity index is 746. The van der Waals surface area contributed by atoms with Crippen LogP contribution in [0.2, 0.25) is 0 Å². The third-order valence-corrected chi connectivity index (χ3v) is 3.50. The molecule has 0 aliphatic heterocycles. The van der Waals surface area contributed by atoms with Crippen molar-refractivity contribution in [3.05, 3.63) is 48.3 Å². The van der Waals surface area contributed by atoms with Crippen LogP contribution < -0.4 is 4.74 Å². The van der Waals surface area contributed by atoms with Gasteiger partial charge in [-0.2, -0.15) is 0 Å². The van der Waals surface area contributed by atoms with E-state index in [2.05, 4.69) is 42.2 Å². The van der Waals surface area contributed by atoms with Crippen LogP contribution in [0.15, 0.2) is 42.7 Å². The summed E-state index contributed by atoms with van der Waals surface area (Å²) in [5.41, 5.74) is 4.21. The Morgan fingerprint density at radius 1 is 1.15 bits per heavy atom. The Kier molecular flexibility index (Phi) is 3.14. The Labute approximate surface area is 118 Å². The molecular formula is C16H17N3O. The number of aromatic nitrogens is 3. The van der Waals surface area contributed by atoms with Crippen molar-refractivity contribution in [1.82, 2.24) is 14.6 Å². The van der Waals surface area contributed by atoms with Crippen LogP contribution in [-0.2, 0) is 0 Å².